The van der Waals surface area contributed by atoms with Gasteiger partial charge in [0, 0.05) is 22.4 Å². The number of hydrogen-bond donors (Lipinski definition) is 0. The fourth-order valence-electron chi connectivity index (χ4n) is 1.86. The standard InChI is InChI=1S/C12H13Br2NO/c13-9-5-7-15(8-6-9)12(16)10-3-1-2-4-11(10)14/h1-4,9H,5-8H2. The predicted molar refractivity (Wildman–Crippen MR) is 72.0 cm³/mol. The van der Waals surface area contributed by atoms with E-state index in [0.29, 0.717) is 4.83 Å². The summed E-state index contributed by atoms with van der Waals surface area (Å²) in [6.45, 7) is 1.69. The second-order valence-corrected chi connectivity index (χ2v) is 6.10. The van der Waals surface area contributed by atoms with Crippen molar-refractivity contribution in [1.29, 1.82) is 0 Å². The van der Waals surface area contributed by atoms with Crippen LogP contribution in [0.15, 0.2) is 28.7 Å². The van der Waals surface area contributed by atoms with Crippen LogP contribution in [-0.2, 0) is 0 Å². The Kier molecular flexibility index (Phi) is 4.03. The second kappa shape index (κ2) is 5.32. The molecule has 2 rings (SSSR count). The Morgan fingerprint density at radius 1 is 1.25 bits per heavy atom. The molecule has 1 aromatic carbocycles. The van der Waals surface area contributed by atoms with Gasteiger partial charge >= 0.3 is 0 Å². The van der Waals surface area contributed by atoms with E-state index in [1.165, 1.54) is 0 Å². The second-order valence-electron chi connectivity index (χ2n) is 3.95. The van der Waals surface area contributed by atoms with Gasteiger partial charge < -0.3 is 4.90 Å². The van der Waals surface area contributed by atoms with Crippen molar-refractivity contribution < 1.29 is 4.79 Å². The zero-order chi connectivity index (χ0) is 11.5. The molecule has 0 aromatic heterocycles. The maximum atomic E-state index is 12.2. The number of rotatable bonds is 1. The third-order valence-electron chi connectivity index (χ3n) is 2.82. The summed E-state index contributed by atoms with van der Waals surface area (Å²) in [7, 11) is 0. The number of likely N-dealkylation sites (tertiary alicyclic amines) is 1. The van der Waals surface area contributed by atoms with Gasteiger partial charge in [-0.25, -0.2) is 0 Å². The summed E-state index contributed by atoms with van der Waals surface area (Å²) in [5, 5.41) is 0. The van der Waals surface area contributed by atoms with Gasteiger partial charge in [-0.15, -0.1) is 0 Å². The van der Waals surface area contributed by atoms with Crippen molar-refractivity contribution >= 4 is 37.8 Å². The minimum absolute atomic E-state index is 0.131. The molecule has 0 aliphatic carbocycles. The summed E-state index contributed by atoms with van der Waals surface area (Å²) >= 11 is 7.01. The summed E-state index contributed by atoms with van der Waals surface area (Å²) < 4.78 is 0.876. The number of amides is 1. The Labute approximate surface area is 112 Å². The van der Waals surface area contributed by atoms with E-state index in [9.17, 15) is 4.79 Å². The van der Waals surface area contributed by atoms with Gasteiger partial charge in [-0.1, -0.05) is 28.1 Å². The fraction of sp³-hybridized carbons (Fsp3) is 0.417. The molecular formula is C12H13Br2NO. The van der Waals surface area contributed by atoms with E-state index < -0.39 is 0 Å². The average molecular weight is 347 g/mol. The first-order valence-corrected chi connectivity index (χ1v) is 7.07. The van der Waals surface area contributed by atoms with Crippen molar-refractivity contribution in [2.45, 2.75) is 17.7 Å². The van der Waals surface area contributed by atoms with Gasteiger partial charge in [0.05, 0.1) is 5.56 Å². The summed E-state index contributed by atoms with van der Waals surface area (Å²) in [6, 6.07) is 7.60. The minimum atomic E-state index is 0.131. The summed E-state index contributed by atoms with van der Waals surface area (Å²) in [5.41, 5.74) is 0.760. The smallest absolute Gasteiger partial charge is 0.254 e. The molecule has 1 aliphatic rings. The molecule has 1 saturated heterocycles. The largest absolute Gasteiger partial charge is 0.339 e. The molecule has 0 bridgehead atoms. The van der Waals surface area contributed by atoms with Gasteiger partial charge in [0.2, 0.25) is 0 Å². The molecule has 0 unspecified atom stereocenters. The monoisotopic (exact) mass is 345 g/mol. The van der Waals surface area contributed by atoms with Crippen LogP contribution in [0.1, 0.15) is 23.2 Å². The van der Waals surface area contributed by atoms with Crippen LogP contribution in [0.25, 0.3) is 0 Å². The molecule has 2 nitrogen and oxygen atoms in total. The van der Waals surface area contributed by atoms with Crippen LogP contribution in [0.2, 0.25) is 0 Å². The van der Waals surface area contributed by atoms with Crippen molar-refractivity contribution in [3.05, 3.63) is 34.3 Å². The number of carbonyl (C=O) groups excluding carboxylic acids is 1. The Balaban J connectivity index is 2.11. The molecular weight excluding hydrogens is 334 g/mol. The molecule has 86 valence electrons. The lowest BCUT2D eigenvalue weighted by Crippen LogP contribution is -2.38. The van der Waals surface area contributed by atoms with Crippen LogP contribution < -0.4 is 0 Å². The van der Waals surface area contributed by atoms with Crippen LogP contribution in [0, 0.1) is 0 Å². The zero-order valence-corrected chi connectivity index (χ0v) is 12.0. The molecule has 0 saturated carbocycles. The molecule has 16 heavy (non-hydrogen) atoms. The molecule has 0 radical (unpaired) electrons. The van der Waals surface area contributed by atoms with E-state index >= 15 is 0 Å². The van der Waals surface area contributed by atoms with Gasteiger partial charge in [-0.2, -0.15) is 0 Å². The van der Waals surface area contributed by atoms with E-state index in [-0.39, 0.29) is 5.91 Å². The molecule has 1 amide bonds. The van der Waals surface area contributed by atoms with Crippen molar-refractivity contribution in [2.24, 2.45) is 0 Å². The maximum absolute atomic E-state index is 12.2. The van der Waals surface area contributed by atoms with Crippen molar-refractivity contribution in [3.63, 3.8) is 0 Å². The molecule has 1 fully saturated rings. The topological polar surface area (TPSA) is 20.3 Å². The first kappa shape index (κ1) is 12.1. The quantitative estimate of drug-likeness (QED) is 0.713. The number of nitrogens with zero attached hydrogens (tertiary/aromatic N) is 1. The van der Waals surface area contributed by atoms with Crippen LogP contribution >= 0.6 is 31.9 Å². The molecule has 4 heteroatoms. The Morgan fingerprint density at radius 2 is 1.88 bits per heavy atom. The van der Waals surface area contributed by atoms with Gasteiger partial charge in [0.25, 0.3) is 5.91 Å². The minimum Gasteiger partial charge on any atom is -0.339 e. The highest BCUT2D eigenvalue weighted by molar-refractivity contribution is 9.10. The van der Waals surface area contributed by atoms with Crippen molar-refractivity contribution in [3.8, 4) is 0 Å². The number of carbonyl (C=O) groups is 1. The number of hydrogen-bond acceptors (Lipinski definition) is 1. The lowest BCUT2D eigenvalue weighted by molar-refractivity contribution is 0.0727. The Morgan fingerprint density at radius 3 is 2.50 bits per heavy atom. The highest BCUT2D eigenvalue weighted by Crippen LogP contribution is 2.22. The van der Waals surface area contributed by atoms with Crippen LogP contribution in [-0.4, -0.2) is 28.7 Å². The number of alkyl halides is 1. The van der Waals surface area contributed by atoms with Crippen LogP contribution in [0.3, 0.4) is 0 Å². The van der Waals surface area contributed by atoms with E-state index in [0.717, 1.165) is 36.0 Å². The van der Waals surface area contributed by atoms with Crippen LogP contribution in [0.4, 0.5) is 0 Å². The molecule has 0 atom stereocenters. The first-order valence-electron chi connectivity index (χ1n) is 5.36. The maximum Gasteiger partial charge on any atom is 0.254 e. The Hall–Kier alpha value is -0.350. The van der Waals surface area contributed by atoms with Crippen molar-refractivity contribution in [1.82, 2.24) is 4.90 Å². The van der Waals surface area contributed by atoms with E-state index in [1.807, 2.05) is 29.2 Å². The first-order chi connectivity index (χ1) is 7.68. The van der Waals surface area contributed by atoms with Gasteiger partial charge in [0.1, 0.15) is 0 Å². The third kappa shape index (κ3) is 2.66. The summed E-state index contributed by atoms with van der Waals surface area (Å²) in [4.78, 5) is 14.7. The molecule has 1 heterocycles. The highest BCUT2D eigenvalue weighted by atomic mass is 79.9. The molecule has 1 aliphatic heterocycles. The zero-order valence-electron chi connectivity index (χ0n) is 8.83. The van der Waals surface area contributed by atoms with E-state index in [4.69, 9.17) is 0 Å². The predicted octanol–water partition coefficient (Wildman–Crippen LogP) is 3.45. The number of benzene rings is 1. The lowest BCUT2D eigenvalue weighted by Gasteiger charge is -2.29. The van der Waals surface area contributed by atoms with Gasteiger partial charge in [-0.3, -0.25) is 4.79 Å². The normalized spacial score (nSPS) is 17.5. The SMILES string of the molecule is O=C(c1ccccc1Br)N1CCC(Br)CC1. The van der Waals surface area contributed by atoms with E-state index in [1.54, 1.807) is 0 Å². The number of halogens is 2. The molecule has 0 spiro atoms. The average Bonchev–Trinajstić information content (AvgIpc) is 2.30. The van der Waals surface area contributed by atoms with Crippen LogP contribution in [0.5, 0.6) is 0 Å². The number of piperidine rings is 1. The molecule has 1 aromatic rings. The fourth-order valence-corrected chi connectivity index (χ4v) is 2.72. The summed E-state index contributed by atoms with van der Waals surface area (Å²) in [5.74, 6) is 0.131. The molecule has 0 N–H and O–H groups in total. The third-order valence-corrected chi connectivity index (χ3v) is 4.42. The van der Waals surface area contributed by atoms with Crippen molar-refractivity contribution in [2.75, 3.05) is 13.1 Å². The summed E-state index contributed by atoms with van der Waals surface area (Å²) in [6.07, 6.45) is 2.08. The van der Waals surface area contributed by atoms with Gasteiger partial charge in [-0.05, 0) is 40.9 Å². The highest BCUT2D eigenvalue weighted by Gasteiger charge is 2.22. The Bertz CT molecular complexity index is 386. The lowest BCUT2D eigenvalue weighted by atomic mass is 10.1. The van der Waals surface area contributed by atoms with E-state index in [2.05, 4.69) is 31.9 Å². The van der Waals surface area contributed by atoms with Gasteiger partial charge in [0.15, 0.2) is 0 Å².